The zero-order valence-corrected chi connectivity index (χ0v) is 11.5. The van der Waals surface area contributed by atoms with E-state index in [1.54, 1.807) is 11.8 Å². The summed E-state index contributed by atoms with van der Waals surface area (Å²) >= 11 is 1.77. The average molecular weight is 238 g/mol. The molecule has 0 aliphatic rings. The first-order valence-electron chi connectivity index (χ1n) is 5.54. The smallest absolute Gasteiger partial charge is 0.0275 e. The van der Waals surface area contributed by atoms with Crippen LogP contribution in [0.1, 0.15) is 19.4 Å². The van der Waals surface area contributed by atoms with Crippen LogP contribution < -0.4 is 5.73 Å². The van der Waals surface area contributed by atoms with Gasteiger partial charge in [0.2, 0.25) is 0 Å². The molecule has 1 rings (SSSR count). The molecular weight excluding hydrogens is 216 g/mol. The fraction of sp³-hybridized carbons (Fsp3) is 0.538. The molecule has 0 radical (unpaired) electrons. The molecular formula is C13H22N2S. The minimum absolute atomic E-state index is 0.0537. The van der Waals surface area contributed by atoms with Crippen molar-refractivity contribution in [3.05, 3.63) is 29.8 Å². The molecule has 1 aromatic rings. The van der Waals surface area contributed by atoms with Crippen molar-refractivity contribution in [2.75, 3.05) is 19.8 Å². The Morgan fingerprint density at radius 1 is 1.25 bits per heavy atom. The van der Waals surface area contributed by atoms with Crippen molar-refractivity contribution in [3.63, 3.8) is 0 Å². The summed E-state index contributed by atoms with van der Waals surface area (Å²) in [5.74, 6) is 0. The van der Waals surface area contributed by atoms with Crippen molar-refractivity contribution in [1.29, 1.82) is 0 Å². The van der Waals surface area contributed by atoms with Crippen LogP contribution >= 0.6 is 11.8 Å². The number of benzene rings is 1. The van der Waals surface area contributed by atoms with Crippen molar-refractivity contribution in [2.45, 2.75) is 30.8 Å². The van der Waals surface area contributed by atoms with Crippen LogP contribution in [-0.2, 0) is 6.54 Å². The van der Waals surface area contributed by atoms with Crippen molar-refractivity contribution < 1.29 is 0 Å². The van der Waals surface area contributed by atoms with Gasteiger partial charge in [0.1, 0.15) is 0 Å². The number of nitrogens with two attached hydrogens (primary N) is 1. The van der Waals surface area contributed by atoms with Crippen molar-refractivity contribution in [1.82, 2.24) is 4.90 Å². The Hall–Kier alpha value is -0.510. The Morgan fingerprint density at radius 3 is 2.25 bits per heavy atom. The third-order valence-corrected chi connectivity index (χ3v) is 3.86. The third kappa shape index (κ3) is 3.51. The molecule has 0 aliphatic carbocycles. The van der Waals surface area contributed by atoms with Crippen molar-refractivity contribution in [3.8, 4) is 0 Å². The summed E-state index contributed by atoms with van der Waals surface area (Å²) in [5.41, 5.74) is 7.15. The number of rotatable bonds is 5. The van der Waals surface area contributed by atoms with E-state index in [0.29, 0.717) is 6.54 Å². The van der Waals surface area contributed by atoms with Crippen LogP contribution in [0.15, 0.2) is 29.2 Å². The summed E-state index contributed by atoms with van der Waals surface area (Å²) in [6.07, 6.45) is 2.10. The maximum atomic E-state index is 5.76. The number of hydrogen-bond acceptors (Lipinski definition) is 3. The molecule has 0 heterocycles. The van der Waals surface area contributed by atoms with Gasteiger partial charge in [-0.3, -0.25) is 4.90 Å². The van der Waals surface area contributed by atoms with Crippen LogP contribution in [0.3, 0.4) is 0 Å². The van der Waals surface area contributed by atoms with Crippen LogP contribution in [-0.4, -0.2) is 30.3 Å². The predicted molar refractivity (Wildman–Crippen MR) is 72.8 cm³/mol. The zero-order valence-electron chi connectivity index (χ0n) is 10.7. The van der Waals surface area contributed by atoms with E-state index in [4.69, 9.17) is 5.73 Å². The molecule has 0 aliphatic heterocycles. The molecule has 2 N–H and O–H groups in total. The van der Waals surface area contributed by atoms with Gasteiger partial charge in [0.15, 0.2) is 0 Å². The van der Waals surface area contributed by atoms with Crippen LogP contribution in [0.25, 0.3) is 0 Å². The molecule has 16 heavy (non-hydrogen) atoms. The summed E-state index contributed by atoms with van der Waals surface area (Å²) in [4.78, 5) is 3.60. The quantitative estimate of drug-likeness (QED) is 0.800. The van der Waals surface area contributed by atoms with E-state index in [1.807, 2.05) is 0 Å². The molecule has 0 spiro atoms. The fourth-order valence-electron chi connectivity index (χ4n) is 1.37. The highest BCUT2D eigenvalue weighted by atomic mass is 32.2. The third-order valence-electron chi connectivity index (χ3n) is 3.11. The lowest BCUT2D eigenvalue weighted by atomic mass is 10.0. The number of thioether (sulfide) groups is 1. The first-order chi connectivity index (χ1) is 7.49. The maximum Gasteiger partial charge on any atom is 0.0275 e. The number of likely N-dealkylation sites (N-methyl/N-ethyl adjacent to an activating group) is 1. The summed E-state index contributed by atoms with van der Waals surface area (Å²) < 4.78 is 0. The Labute approximate surface area is 103 Å². The molecule has 3 heteroatoms. The van der Waals surface area contributed by atoms with Gasteiger partial charge in [-0.2, -0.15) is 0 Å². The largest absolute Gasteiger partial charge is 0.329 e. The van der Waals surface area contributed by atoms with Crippen LogP contribution in [0, 0.1) is 0 Å². The highest BCUT2D eigenvalue weighted by molar-refractivity contribution is 7.98. The second-order valence-electron chi connectivity index (χ2n) is 4.72. The topological polar surface area (TPSA) is 29.3 Å². The van der Waals surface area contributed by atoms with Gasteiger partial charge in [-0.25, -0.2) is 0 Å². The van der Waals surface area contributed by atoms with Gasteiger partial charge in [0.25, 0.3) is 0 Å². The molecule has 90 valence electrons. The van der Waals surface area contributed by atoms with E-state index in [1.165, 1.54) is 10.5 Å². The minimum Gasteiger partial charge on any atom is -0.329 e. The standard InChI is InChI=1S/C13H22N2S/c1-13(2,10-14)15(3)9-11-5-7-12(16-4)8-6-11/h5-8H,9-10,14H2,1-4H3. The number of nitrogens with zero attached hydrogens (tertiary/aromatic N) is 1. The molecule has 0 amide bonds. The zero-order chi connectivity index (χ0) is 12.2. The molecule has 0 saturated carbocycles. The first kappa shape index (κ1) is 13.6. The fourth-order valence-corrected chi connectivity index (χ4v) is 1.78. The van der Waals surface area contributed by atoms with Crippen LogP contribution in [0.4, 0.5) is 0 Å². The highest BCUT2D eigenvalue weighted by Gasteiger charge is 2.21. The second-order valence-corrected chi connectivity index (χ2v) is 5.60. The van der Waals surface area contributed by atoms with Crippen molar-refractivity contribution in [2.24, 2.45) is 5.73 Å². The Morgan fingerprint density at radius 2 is 1.81 bits per heavy atom. The Bertz CT molecular complexity index is 319. The predicted octanol–water partition coefficient (Wildman–Crippen LogP) is 2.58. The van der Waals surface area contributed by atoms with Gasteiger partial charge in [0.05, 0.1) is 0 Å². The molecule has 2 nitrogen and oxygen atoms in total. The molecule has 0 saturated heterocycles. The maximum absolute atomic E-state index is 5.76. The second kappa shape index (κ2) is 5.71. The average Bonchev–Trinajstić information content (AvgIpc) is 2.30. The van der Waals surface area contributed by atoms with E-state index < -0.39 is 0 Å². The van der Waals surface area contributed by atoms with Gasteiger partial charge in [-0.15, -0.1) is 11.8 Å². The molecule has 1 aromatic carbocycles. The summed E-state index contributed by atoms with van der Waals surface area (Å²) in [5, 5.41) is 0. The summed E-state index contributed by atoms with van der Waals surface area (Å²) in [6.45, 7) is 5.96. The monoisotopic (exact) mass is 238 g/mol. The van der Waals surface area contributed by atoms with E-state index in [2.05, 4.69) is 56.3 Å². The molecule has 0 bridgehead atoms. The van der Waals surface area contributed by atoms with E-state index in [9.17, 15) is 0 Å². The van der Waals surface area contributed by atoms with Crippen molar-refractivity contribution >= 4 is 11.8 Å². The number of hydrogen-bond donors (Lipinski definition) is 1. The lowest BCUT2D eigenvalue weighted by Crippen LogP contribution is -2.46. The molecule has 0 aromatic heterocycles. The van der Waals surface area contributed by atoms with E-state index in [-0.39, 0.29) is 5.54 Å². The molecule has 0 atom stereocenters. The molecule has 0 fully saturated rings. The van der Waals surface area contributed by atoms with Crippen LogP contribution in [0.5, 0.6) is 0 Å². The normalized spacial score (nSPS) is 12.1. The van der Waals surface area contributed by atoms with Gasteiger partial charge < -0.3 is 5.73 Å². The summed E-state index contributed by atoms with van der Waals surface area (Å²) in [7, 11) is 2.12. The van der Waals surface area contributed by atoms with Gasteiger partial charge in [0, 0.05) is 23.5 Å². The van der Waals surface area contributed by atoms with E-state index in [0.717, 1.165) is 6.54 Å². The van der Waals surface area contributed by atoms with E-state index >= 15 is 0 Å². The van der Waals surface area contributed by atoms with Gasteiger partial charge in [-0.05, 0) is 44.8 Å². The lowest BCUT2D eigenvalue weighted by molar-refractivity contribution is 0.155. The van der Waals surface area contributed by atoms with Gasteiger partial charge >= 0.3 is 0 Å². The Balaban J connectivity index is 2.66. The van der Waals surface area contributed by atoms with Gasteiger partial charge in [-0.1, -0.05) is 12.1 Å². The van der Waals surface area contributed by atoms with Crippen LogP contribution in [0.2, 0.25) is 0 Å². The molecule has 0 unspecified atom stereocenters. The SMILES string of the molecule is CSc1ccc(CN(C)C(C)(C)CN)cc1. The lowest BCUT2D eigenvalue weighted by Gasteiger charge is -2.34. The Kier molecular flexibility index (Phi) is 4.84. The summed E-state index contributed by atoms with van der Waals surface area (Å²) in [6, 6.07) is 8.72. The first-order valence-corrected chi connectivity index (χ1v) is 6.76. The minimum atomic E-state index is 0.0537. The highest BCUT2D eigenvalue weighted by Crippen LogP contribution is 2.18.